The van der Waals surface area contributed by atoms with Gasteiger partial charge in [-0.2, -0.15) is 11.8 Å². The number of hydrogen-bond acceptors (Lipinski definition) is 3. The van der Waals surface area contributed by atoms with Crippen molar-refractivity contribution >= 4 is 29.4 Å². The molecular formula is C17H23N3O2S. The highest BCUT2D eigenvalue weighted by molar-refractivity contribution is 8.00. The third-order valence-corrected chi connectivity index (χ3v) is 6.09. The molecule has 0 unspecified atom stereocenters. The van der Waals surface area contributed by atoms with Crippen LogP contribution in [0.1, 0.15) is 25.7 Å². The highest BCUT2D eigenvalue weighted by Gasteiger charge is 2.42. The van der Waals surface area contributed by atoms with Crippen molar-refractivity contribution in [3.05, 3.63) is 30.3 Å². The first-order valence-electron chi connectivity index (χ1n) is 8.15. The number of nitrogens with one attached hydrogen (secondary N) is 2. The minimum Gasteiger partial charge on any atom is -0.332 e. The van der Waals surface area contributed by atoms with Crippen molar-refractivity contribution in [3.8, 4) is 0 Å². The number of carbonyl (C=O) groups excluding carboxylic acids is 2. The molecule has 2 N–H and O–H groups in total. The minimum absolute atomic E-state index is 0.0371. The van der Waals surface area contributed by atoms with Crippen LogP contribution in [0.25, 0.3) is 0 Å². The number of rotatable bonds is 6. The predicted molar refractivity (Wildman–Crippen MR) is 93.8 cm³/mol. The Labute approximate surface area is 141 Å². The Morgan fingerprint density at radius 3 is 2.83 bits per heavy atom. The van der Waals surface area contributed by atoms with Crippen LogP contribution in [0, 0.1) is 0 Å². The molecule has 0 aliphatic carbocycles. The number of unbranched alkanes of at least 4 members (excludes halogenated alkanes) is 1. The van der Waals surface area contributed by atoms with Crippen molar-refractivity contribution in [2.45, 2.75) is 43.0 Å². The topological polar surface area (TPSA) is 61.4 Å². The molecule has 124 valence electrons. The van der Waals surface area contributed by atoms with Crippen LogP contribution in [0.2, 0.25) is 0 Å². The number of nitrogens with zero attached hydrogens (tertiary/aromatic N) is 1. The van der Waals surface area contributed by atoms with Gasteiger partial charge in [0.2, 0.25) is 5.91 Å². The molecule has 23 heavy (non-hydrogen) atoms. The van der Waals surface area contributed by atoms with Gasteiger partial charge in [0.05, 0.1) is 12.1 Å². The normalized spacial score (nSPS) is 25.6. The average molecular weight is 333 g/mol. The fourth-order valence-corrected chi connectivity index (χ4v) is 4.77. The summed E-state index contributed by atoms with van der Waals surface area (Å²) in [5, 5.41) is 6.44. The van der Waals surface area contributed by atoms with Gasteiger partial charge in [0.25, 0.3) is 0 Å². The van der Waals surface area contributed by atoms with Gasteiger partial charge in [0.1, 0.15) is 0 Å². The summed E-state index contributed by atoms with van der Waals surface area (Å²) in [5.41, 5.74) is 0.937. The van der Waals surface area contributed by atoms with E-state index in [0.29, 0.717) is 11.7 Å². The summed E-state index contributed by atoms with van der Waals surface area (Å²) in [6, 6.07) is 10.2. The maximum Gasteiger partial charge on any atom is 0.315 e. The van der Waals surface area contributed by atoms with Crippen LogP contribution < -0.4 is 15.5 Å². The van der Waals surface area contributed by atoms with Crippen molar-refractivity contribution in [1.82, 2.24) is 10.6 Å². The molecule has 6 heteroatoms. The number of fused-ring (bicyclic) bond motifs is 1. The zero-order chi connectivity index (χ0) is 16.2. The van der Waals surface area contributed by atoms with E-state index in [1.54, 1.807) is 4.90 Å². The van der Waals surface area contributed by atoms with Gasteiger partial charge in [0.15, 0.2) is 0 Å². The second-order valence-corrected chi connectivity index (χ2v) is 7.43. The summed E-state index contributed by atoms with van der Waals surface area (Å²) in [6.07, 6.45) is 3.54. The number of thioether (sulfide) groups is 1. The van der Waals surface area contributed by atoms with Gasteiger partial charge in [-0.3, -0.25) is 4.79 Å². The van der Waals surface area contributed by atoms with Gasteiger partial charge >= 0.3 is 6.03 Å². The van der Waals surface area contributed by atoms with Crippen molar-refractivity contribution in [3.63, 3.8) is 0 Å². The summed E-state index contributed by atoms with van der Waals surface area (Å²) in [7, 11) is 1.83. The van der Waals surface area contributed by atoms with E-state index in [2.05, 4.69) is 10.6 Å². The Kier molecular flexibility index (Phi) is 5.10. The zero-order valence-corrected chi connectivity index (χ0v) is 14.1. The van der Waals surface area contributed by atoms with E-state index in [9.17, 15) is 9.59 Å². The first-order valence-corrected chi connectivity index (χ1v) is 9.20. The summed E-state index contributed by atoms with van der Waals surface area (Å²) in [5.74, 6) is 1.15. The molecule has 0 aromatic heterocycles. The highest BCUT2D eigenvalue weighted by Crippen LogP contribution is 2.33. The standard InChI is InChI=1S/C17H23N3O2S/c1-20(12-7-3-2-4-8-12)15(21)10-6-5-9-14-16-13(11-23-14)18-17(22)19-16/h2-4,7-8,13-14,16H,5-6,9-11H2,1H3,(H2,18,19,22)/t13-,14-,16-/m0/s1. The second kappa shape index (κ2) is 7.25. The van der Waals surface area contributed by atoms with Gasteiger partial charge < -0.3 is 15.5 Å². The number of carbonyl (C=O) groups is 2. The lowest BCUT2D eigenvalue weighted by atomic mass is 10.0. The zero-order valence-electron chi connectivity index (χ0n) is 13.3. The molecule has 3 rings (SSSR count). The molecule has 2 heterocycles. The van der Waals surface area contributed by atoms with Crippen LogP contribution in [0.3, 0.4) is 0 Å². The van der Waals surface area contributed by atoms with E-state index < -0.39 is 0 Å². The van der Waals surface area contributed by atoms with Crippen molar-refractivity contribution < 1.29 is 9.59 Å². The van der Waals surface area contributed by atoms with Crippen LogP contribution in [0.15, 0.2) is 30.3 Å². The quantitative estimate of drug-likeness (QED) is 0.621. The van der Waals surface area contributed by atoms with E-state index in [0.717, 1.165) is 30.7 Å². The first kappa shape index (κ1) is 16.2. The number of urea groups is 1. The minimum atomic E-state index is -0.0371. The Morgan fingerprint density at radius 1 is 1.26 bits per heavy atom. The molecule has 1 aromatic carbocycles. The van der Waals surface area contributed by atoms with Gasteiger partial charge in [-0.15, -0.1) is 0 Å². The van der Waals surface area contributed by atoms with E-state index in [4.69, 9.17) is 0 Å². The molecule has 2 aliphatic rings. The smallest absolute Gasteiger partial charge is 0.315 e. The lowest BCUT2D eigenvalue weighted by Crippen LogP contribution is -2.36. The molecule has 0 saturated carbocycles. The number of amides is 3. The molecular weight excluding hydrogens is 310 g/mol. The monoisotopic (exact) mass is 333 g/mol. The Morgan fingerprint density at radius 2 is 2.04 bits per heavy atom. The largest absolute Gasteiger partial charge is 0.332 e. The molecule has 3 atom stereocenters. The van der Waals surface area contributed by atoms with Crippen LogP contribution >= 0.6 is 11.8 Å². The number of anilines is 1. The van der Waals surface area contributed by atoms with Crippen molar-refractivity contribution in [2.24, 2.45) is 0 Å². The summed E-state index contributed by atoms with van der Waals surface area (Å²) < 4.78 is 0. The SMILES string of the molecule is CN(C(=O)CCCC[C@@H]1SC[C@@H]2NC(=O)N[C@@H]21)c1ccccc1. The van der Waals surface area contributed by atoms with E-state index in [-0.39, 0.29) is 24.0 Å². The van der Waals surface area contributed by atoms with Crippen LogP contribution in [0.5, 0.6) is 0 Å². The molecule has 2 saturated heterocycles. The van der Waals surface area contributed by atoms with Crippen molar-refractivity contribution in [2.75, 3.05) is 17.7 Å². The molecule has 0 radical (unpaired) electrons. The molecule has 2 fully saturated rings. The lowest BCUT2D eigenvalue weighted by Gasteiger charge is -2.18. The molecule has 3 amide bonds. The molecule has 0 spiro atoms. The van der Waals surface area contributed by atoms with E-state index >= 15 is 0 Å². The summed E-state index contributed by atoms with van der Waals surface area (Å²) in [4.78, 5) is 25.3. The lowest BCUT2D eigenvalue weighted by molar-refractivity contribution is -0.118. The maximum atomic E-state index is 12.2. The first-order chi connectivity index (χ1) is 11.1. The number of benzene rings is 1. The Bertz CT molecular complexity index is 566. The third kappa shape index (κ3) is 3.80. The van der Waals surface area contributed by atoms with Crippen molar-refractivity contribution in [1.29, 1.82) is 0 Å². The highest BCUT2D eigenvalue weighted by atomic mass is 32.2. The van der Waals surface area contributed by atoms with Crippen LogP contribution in [-0.2, 0) is 4.79 Å². The fraction of sp³-hybridized carbons (Fsp3) is 0.529. The third-order valence-electron chi connectivity index (χ3n) is 4.59. The molecule has 2 aliphatic heterocycles. The maximum absolute atomic E-state index is 12.2. The second-order valence-electron chi connectivity index (χ2n) is 6.16. The van der Waals surface area contributed by atoms with Gasteiger partial charge in [-0.05, 0) is 25.0 Å². The van der Waals surface area contributed by atoms with Crippen LogP contribution in [0.4, 0.5) is 10.5 Å². The number of para-hydroxylation sites is 1. The molecule has 5 nitrogen and oxygen atoms in total. The molecule has 1 aromatic rings. The van der Waals surface area contributed by atoms with E-state index in [1.165, 1.54) is 0 Å². The van der Waals surface area contributed by atoms with Crippen LogP contribution in [-0.4, -0.2) is 42.1 Å². The number of hydrogen-bond donors (Lipinski definition) is 2. The summed E-state index contributed by atoms with van der Waals surface area (Å²) in [6.45, 7) is 0. The van der Waals surface area contributed by atoms with Gasteiger partial charge in [0, 0.05) is 30.2 Å². The molecule has 0 bridgehead atoms. The van der Waals surface area contributed by atoms with E-state index in [1.807, 2.05) is 49.1 Å². The predicted octanol–water partition coefficient (Wildman–Crippen LogP) is 2.38. The Hall–Kier alpha value is -1.69. The average Bonchev–Trinajstić information content (AvgIpc) is 3.11. The van der Waals surface area contributed by atoms with Gasteiger partial charge in [-0.1, -0.05) is 24.6 Å². The fourth-order valence-electron chi connectivity index (χ4n) is 3.23. The summed E-state index contributed by atoms with van der Waals surface area (Å²) >= 11 is 1.93. The Balaban J connectivity index is 1.38. The van der Waals surface area contributed by atoms with Gasteiger partial charge in [-0.25, -0.2) is 4.79 Å².